The number of rotatable bonds is 3. The van der Waals surface area contributed by atoms with Gasteiger partial charge in [0.25, 0.3) is 11.1 Å². The molecule has 2 aromatic heterocycles. The zero-order valence-corrected chi connectivity index (χ0v) is 16.6. The van der Waals surface area contributed by atoms with Gasteiger partial charge in [-0.25, -0.2) is 9.36 Å². The second-order valence-corrected chi connectivity index (χ2v) is 7.26. The van der Waals surface area contributed by atoms with Crippen LogP contribution in [-0.2, 0) is 0 Å². The molecule has 2 heterocycles. The third-order valence-electron chi connectivity index (χ3n) is 4.93. The lowest BCUT2D eigenvalue weighted by atomic mass is 10.2. The second-order valence-electron chi connectivity index (χ2n) is 7.26. The Morgan fingerprint density at radius 1 is 0.828 bits per heavy atom. The van der Waals surface area contributed by atoms with Gasteiger partial charge in [0.15, 0.2) is 0 Å². The molecule has 0 atom stereocenters. The smallest absolute Gasteiger partial charge is 0.279 e. The molecule has 0 aliphatic carbocycles. The van der Waals surface area contributed by atoms with Gasteiger partial charge in [0, 0.05) is 5.69 Å². The van der Waals surface area contributed by atoms with Crippen molar-refractivity contribution in [3.8, 4) is 11.4 Å². The van der Waals surface area contributed by atoms with E-state index in [-0.39, 0.29) is 11.1 Å². The summed E-state index contributed by atoms with van der Waals surface area (Å²) in [4.78, 5) is 26.0. The summed E-state index contributed by atoms with van der Waals surface area (Å²) >= 11 is 0. The van der Waals surface area contributed by atoms with Crippen molar-refractivity contribution in [2.45, 2.75) is 20.8 Å². The summed E-state index contributed by atoms with van der Waals surface area (Å²) in [5.41, 5.74) is 4.23. The van der Waals surface area contributed by atoms with E-state index in [4.69, 9.17) is 0 Å². The van der Waals surface area contributed by atoms with Crippen LogP contribution in [0.25, 0.3) is 24.0 Å². The fraction of sp³-hybridized carbons (Fsp3) is 0.130. The maximum atomic E-state index is 13.0. The molecule has 0 bridgehead atoms. The molecular weight excluding hydrogens is 364 g/mol. The Balaban J connectivity index is 1.90. The first-order chi connectivity index (χ1) is 13.8. The van der Waals surface area contributed by atoms with Crippen LogP contribution in [0.1, 0.15) is 22.4 Å². The Labute approximate surface area is 167 Å². The van der Waals surface area contributed by atoms with E-state index in [0.29, 0.717) is 21.8 Å². The van der Waals surface area contributed by atoms with Gasteiger partial charge < -0.3 is 0 Å². The first-order valence-electron chi connectivity index (χ1n) is 9.32. The molecule has 0 fully saturated rings. The Bertz CT molecular complexity index is 1450. The number of hydrogen-bond acceptors (Lipinski definition) is 2. The van der Waals surface area contributed by atoms with E-state index in [0.717, 1.165) is 22.5 Å². The minimum Gasteiger partial charge on any atom is -0.295 e. The number of benzene rings is 2. The van der Waals surface area contributed by atoms with Crippen molar-refractivity contribution < 1.29 is 0 Å². The molecule has 0 amide bonds. The number of H-pyrrole nitrogens is 2. The average Bonchev–Trinajstić information content (AvgIpc) is 3.13. The van der Waals surface area contributed by atoms with Gasteiger partial charge in [-0.3, -0.25) is 19.8 Å². The zero-order valence-electron chi connectivity index (χ0n) is 16.6. The zero-order chi connectivity index (χ0) is 20.7. The maximum absolute atomic E-state index is 13.0. The van der Waals surface area contributed by atoms with Crippen LogP contribution in [0.15, 0.2) is 58.1 Å². The fourth-order valence-corrected chi connectivity index (χ4v) is 3.42. The van der Waals surface area contributed by atoms with E-state index in [2.05, 4.69) is 16.8 Å². The van der Waals surface area contributed by atoms with Crippen molar-refractivity contribution in [3.05, 3.63) is 102 Å². The first-order valence-corrected chi connectivity index (χ1v) is 9.32. The third kappa shape index (κ3) is 3.29. The Morgan fingerprint density at radius 3 is 1.93 bits per heavy atom. The number of aromatic nitrogens is 4. The van der Waals surface area contributed by atoms with Gasteiger partial charge in [-0.2, -0.15) is 0 Å². The van der Waals surface area contributed by atoms with Crippen LogP contribution in [0.3, 0.4) is 0 Å². The third-order valence-corrected chi connectivity index (χ3v) is 4.93. The highest BCUT2D eigenvalue weighted by molar-refractivity contribution is 5.52. The predicted octanol–water partition coefficient (Wildman–Crippen LogP) is 1.81. The summed E-state index contributed by atoms with van der Waals surface area (Å²) in [5, 5.41) is 6.92. The summed E-state index contributed by atoms with van der Waals surface area (Å²) in [6.07, 6.45) is 1.61. The standard InChI is InChI=1S/C23H22N4O2/c1-14-7-5-9-18(11-14)26-22(28)20(16(3)24-26)13-21-17(4)25-27(23(21)29)19-10-6-8-15(2)12-19/h5-13,24-25H,3H2,1-2,4H3/b20-13+. The van der Waals surface area contributed by atoms with Gasteiger partial charge >= 0.3 is 0 Å². The van der Waals surface area contributed by atoms with E-state index in [1.807, 2.05) is 69.3 Å². The lowest BCUT2D eigenvalue weighted by molar-refractivity contribution is 0.834. The highest BCUT2D eigenvalue weighted by Crippen LogP contribution is 2.10. The molecule has 0 spiro atoms. The van der Waals surface area contributed by atoms with Crippen LogP contribution in [0.2, 0.25) is 0 Å². The summed E-state index contributed by atoms with van der Waals surface area (Å²) in [7, 11) is 0. The molecule has 0 aliphatic heterocycles. The van der Waals surface area contributed by atoms with Crippen LogP contribution in [0, 0.1) is 20.8 Å². The molecule has 4 rings (SSSR count). The van der Waals surface area contributed by atoms with E-state index in [9.17, 15) is 9.59 Å². The van der Waals surface area contributed by atoms with Crippen LogP contribution >= 0.6 is 0 Å². The molecule has 4 aromatic rings. The minimum absolute atomic E-state index is 0.213. The number of hydrogen-bond donors (Lipinski definition) is 2. The van der Waals surface area contributed by atoms with Gasteiger partial charge in [-0.05, 0) is 62.2 Å². The minimum atomic E-state index is -0.247. The van der Waals surface area contributed by atoms with Crippen LogP contribution in [-0.4, -0.2) is 19.6 Å². The van der Waals surface area contributed by atoms with E-state index >= 15 is 0 Å². The van der Waals surface area contributed by atoms with E-state index < -0.39 is 0 Å². The molecule has 2 N–H and O–H groups in total. The second kappa shape index (κ2) is 6.98. The van der Waals surface area contributed by atoms with Gasteiger partial charge in [0.1, 0.15) is 0 Å². The molecular formula is C23H22N4O2. The molecule has 0 radical (unpaired) electrons. The number of aromatic amines is 2. The summed E-state index contributed by atoms with van der Waals surface area (Å²) < 4.78 is 2.94. The molecule has 146 valence electrons. The SMILES string of the molecule is C=c1[nH]n(-c2cccc(C)c2)c(=O)/c1=C/c1c(C)[nH]n(-c2cccc(C)c2)c1=O. The van der Waals surface area contributed by atoms with Gasteiger partial charge in [-0.15, -0.1) is 0 Å². The molecule has 2 aromatic carbocycles. The quantitative estimate of drug-likeness (QED) is 0.563. The van der Waals surface area contributed by atoms with Crippen LogP contribution in [0.5, 0.6) is 0 Å². The van der Waals surface area contributed by atoms with Gasteiger partial charge in [-0.1, -0.05) is 30.8 Å². The number of aryl methyl sites for hydroxylation is 3. The lowest BCUT2D eigenvalue weighted by Gasteiger charge is -2.02. The van der Waals surface area contributed by atoms with Crippen molar-refractivity contribution in [2.75, 3.05) is 0 Å². The predicted molar refractivity (Wildman–Crippen MR) is 115 cm³/mol. The maximum Gasteiger partial charge on any atom is 0.279 e. The van der Waals surface area contributed by atoms with Crippen molar-refractivity contribution in [2.24, 2.45) is 0 Å². The lowest BCUT2D eigenvalue weighted by Crippen LogP contribution is -2.34. The van der Waals surface area contributed by atoms with Crippen LogP contribution in [0.4, 0.5) is 0 Å². The normalized spacial score (nSPS) is 11.9. The fourth-order valence-electron chi connectivity index (χ4n) is 3.42. The monoisotopic (exact) mass is 386 g/mol. The molecule has 0 aliphatic rings. The number of nitrogens with one attached hydrogen (secondary N) is 2. The van der Waals surface area contributed by atoms with Crippen molar-refractivity contribution in [1.29, 1.82) is 0 Å². The summed E-state index contributed by atoms with van der Waals surface area (Å²) in [5.74, 6) is 0. The Kier molecular flexibility index (Phi) is 4.47. The Morgan fingerprint density at radius 2 is 1.38 bits per heavy atom. The number of nitrogens with zero attached hydrogens (tertiary/aromatic N) is 2. The molecule has 6 nitrogen and oxygen atoms in total. The average molecular weight is 386 g/mol. The van der Waals surface area contributed by atoms with E-state index in [1.165, 1.54) is 9.36 Å². The largest absolute Gasteiger partial charge is 0.295 e. The van der Waals surface area contributed by atoms with Crippen molar-refractivity contribution in [1.82, 2.24) is 19.6 Å². The summed E-state index contributed by atoms with van der Waals surface area (Å²) in [6, 6.07) is 15.3. The van der Waals surface area contributed by atoms with Crippen molar-refractivity contribution in [3.63, 3.8) is 0 Å². The van der Waals surface area contributed by atoms with Gasteiger partial charge in [0.2, 0.25) is 0 Å². The molecule has 0 saturated carbocycles. The van der Waals surface area contributed by atoms with Crippen molar-refractivity contribution >= 4 is 12.7 Å². The highest BCUT2D eigenvalue weighted by atomic mass is 16.1. The molecule has 29 heavy (non-hydrogen) atoms. The van der Waals surface area contributed by atoms with Gasteiger partial charge in [0.05, 0.1) is 27.5 Å². The highest BCUT2D eigenvalue weighted by Gasteiger charge is 2.12. The Hall–Kier alpha value is -3.80. The van der Waals surface area contributed by atoms with Crippen LogP contribution < -0.4 is 21.7 Å². The first kappa shape index (κ1) is 18.6. The topological polar surface area (TPSA) is 75.6 Å². The molecule has 0 saturated heterocycles. The van der Waals surface area contributed by atoms with E-state index in [1.54, 1.807) is 6.08 Å². The molecule has 0 unspecified atom stereocenters. The molecule has 6 heteroatoms. The summed E-state index contributed by atoms with van der Waals surface area (Å²) in [6.45, 7) is 9.71.